The SMILES string of the molecule is CN1CC2CCC1(C(NC(=O)c1ccnc(Cl)c1Cl)c1ccccc1)CC2. The maximum Gasteiger partial charge on any atom is 0.253 e. The van der Waals surface area contributed by atoms with Crippen LogP contribution < -0.4 is 5.32 Å². The molecule has 0 spiro atoms. The van der Waals surface area contributed by atoms with Gasteiger partial charge in [-0.05, 0) is 50.3 Å². The number of benzene rings is 1. The second kappa shape index (κ2) is 7.42. The Morgan fingerprint density at radius 3 is 2.59 bits per heavy atom. The molecule has 6 heteroatoms. The van der Waals surface area contributed by atoms with Crippen LogP contribution >= 0.6 is 23.2 Å². The summed E-state index contributed by atoms with van der Waals surface area (Å²) < 4.78 is 0. The topological polar surface area (TPSA) is 45.2 Å². The van der Waals surface area contributed by atoms with Crippen LogP contribution in [0.3, 0.4) is 0 Å². The lowest BCUT2D eigenvalue weighted by Crippen LogP contribution is -2.62. The Balaban J connectivity index is 1.71. The third kappa shape index (κ3) is 3.35. The number of hydrogen-bond donors (Lipinski definition) is 1. The molecule has 3 heterocycles. The minimum absolute atomic E-state index is 0.0743. The number of nitrogens with zero attached hydrogens (tertiary/aromatic N) is 2. The van der Waals surface area contributed by atoms with E-state index < -0.39 is 0 Å². The predicted octanol–water partition coefficient (Wildman–Crippen LogP) is 4.73. The lowest BCUT2D eigenvalue weighted by atomic mass is 9.66. The molecule has 3 aliphatic rings. The highest BCUT2D eigenvalue weighted by Crippen LogP contribution is 2.49. The van der Waals surface area contributed by atoms with Crippen LogP contribution in [0.5, 0.6) is 0 Å². The van der Waals surface area contributed by atoms with Crippen molar-refractivity contribution in [3.63, 3.8) is 0 Å². The summed E-state index contributed by atoms with van der Waals surface area (Å²) in [4.78, 5) is 19.5. The molecule has 2 saturated heterocycles. The summed E-state index contributed by atoms with van der Waals surface area (Å²) in [5.74, 6) is 0.561. The van der Waals surface area contributed by atoms with Gasteiger partial charge in [-0.25, -0.2) is 4.98 Å². The van der Waals surface area contributed by atoms with Crippen LogP contribution in [-0.4, -0.2) is 34.9 Å². The van der Waals surface area contributed by atoms with Gasteiger partial charge in [-0.15, -0.1) is 0 Å². The molecular formula is C21H23Cl2N3O. The molecule has 1 saturated carbocycles. The molecule has 1 unspecified atom stereocenters. The molecule has 1 N–H and O–H groups in total. The zero-order valence-corrected chi connectivity index (χ0v) is 16.8. The zero-order chi connectivity index (χ0) is 19.0. The Kier molecular flexibility index (Phi) is 5.15. The van der Waals surface area contributed by atoms with E-state index in [-0.39, 0.29) is 27.7 Å². The second-order valence-electron chi connectivity index (χ2n) is 7.71. The smallest absolute Gasteiger partial charge is 0.253 e. The molecule has 1 aromatic carbocycles. The van der Waals surface area contributed by atoms with Crippen molar-refractivity contribution >= 4 is 29.1 Å². The van der Waals surface area contributed by atoms with Gasteiger partial charge in [-0.1, -0.05) is 53.5 Å². The lowest BCUT2D eigenvalue weighted by Gasteiger charge is -2.57. The number of carbonyl (C=O) groups excluding carboxylic acids is 1. The number of nitrogens with one attached hydrogen (secondary N) is 1. The fourth-order valence-electron chi connectivity index (χ4n) is 4.80. The van der Waals surface area contributed by atoms with Crippen molar-refractivity contribution in [3.8, 4) is 0 Å². The third-order valence-corrected chi connectivity index (χ3v) is 7.07. The summed E-state index contributed by atoms with van der Waals surface area (Å²) >= 11 is 12.3. The molecule has 1 aliphatic carbocycles. The molecule has 4 nitrogen and oxygen atoms in total. The van der Waals surface area contributed by atoms with E-state index in [4.69, 9.17) is 23.2 Å². The number of likely N-dealkylation sites (N-methyl/N-ethyl adjacent to an activating group) is 1. The largest absolute Gasteiger partial charge is 0.343 e. The molecule has 0 radical (unpaired) electrons. The molecule has 142 valence electrons. The van der Waals surface area contributed by atoms with Gasteiger partial charge in [0.15, 0.2) is 0 Å². The first-order valence-electron chi connectivity index (χ1n) is 9.38. The van der Waals surface area contributed by atoms with Crippen molar-refractivity contribution in [1.29, 1.82) is 0 Å². The van der Waals surface area contributed by atoms with Gasteiger partial charge in [-0.3, -0.25) is 9.69 Å². The number of amides is 1. The molecule has 27 heavy (non-hydrogen) atoms. The summed E-state index contributed by atoms with van der Waals surface area (Å²) in [6, 6.07) is 11.7. The number of aromatic nitrogens is 1. The van der Waals surface area contributed by atoms with Gasteiger partial charge >= 0.3 is 0 Å². The molecule has 2 aliphatic heterocycles. The minimum Gasteiger partial charge on any atom is -0.343 e. The van der Waals surface area contributed by atoms with Crippen molar-refractivity contribution in [1.82, 2.24) is 15.2 Å². The van der Waals surface area contributed by atoms with Crippen molar-refractivity contribution in [2.24, 2.45) is 5.92 Å². The number of halogens is 2. The van der Waals surface area contributed by atoms with E-state index in [1.807, 2.05) is 18.2 Å². The Hall–Kier alpha value is -1.62. The van der Waals surface area contributed by atoms with Gasteiger partial charge in [0.05, 0.1) is 16.6 Å². The first kappa shape index (κ1) is 18.7. The highest BCUT2D eigenvalue weighted by molar-refractivity contribution is 6.43. The van der Waals surface area contributed by atoms with E-state index in [0.29, 0.717) is 5.56 Å². The molecule has 2 bridgehead atoms. The molecule has 5 rings (SSSR count). The fraction of sp³-hybridized carbons (Fsp3) is 0.429. The number of carbonyl (C=O) groups is 1. The Morgan fingerprint density at radius 1 is 1.22 bits per heavy atom. The number of piperidine rings is 2. The maximum atomic E-state index is 13.1. The Bertz CT molecular complexity index is 835. The average molecular weight is 404 g/mol. The number of pyridine rings is 1. The van der Waals surface area contributed by atoms with Crippen molar-refractivity contribution in [2.45, 2.75) is 37.3 Å². The van der Waals surface area contributed by atoms with Gasteiger partial charge in [0.2, 0.25) is 0 Å². The van der Waals surface area contributed by atoms with Gasteiger partial charge < -0.3 is 5.32 Å². The highest BCUT2D eigenvalue weighted by atomic mass is 35.5. The highest BCUT2D eigenvalue weighted by Gasteiger charge is 2.50. The van der Waals surface area contributed by atoms with Crippen LogP contribution in [0.25, 0.3) is 0 Å². The third-order valence-electron chi connectivity index (χ3n) is 6.30. The van der Waals surface area contributed by atoms with E-state index in [0.717, 1.165) is 30.9 Å². The van der Waals surface area contributed by atoms with E-state index in [9.17, 15) is 4.79 Å². The van der Waals surface area contributed by atoms with E-state index in [1.54, 1.807) is 6.07 Å². The monoisotopic (exact) mass is 403 g/mol. The van der Waals surface area contributed by atoms with Crippen LogP contribution in [-0.2, 0) is 0 Å². The summed E-state index contributed by atoms with van der Waals surface area (Å²) in [7, 11) is 2.18. The summed E-state index contributed by atoms with van der Waals surface area (Å²) in [6.45, 7) is 1.08. The zero-order valence-electron chi connectivity index (χ0n) is 15.3. The van der Waals surface area contributed by atoms with Crippen LogP contribution in [0.2, 0.25) is 10.2 Å². The maximum absolute atomic E-state index is 13.1. The summed E-state index contributed by atoms with van der Waals surface area (Å²) in [5, 5.41) is 3.63. The van der Waals surface area contributed by atoms with E-state index in [1.165, 1.54) is 19.0 Å². The molecular weight excluding hydrogens is 381 g/mol. The van der Waals surface area contributed by atoms with Crippen molar-refractivity contribution in [3.05, 3.63) is 63.9 Å². The van der Waals surface area contributed by atoms with Gasteiger partial charge in [-0.2, -0.15) is 0 Å². The lowest BCUT2D eigenvalue weighted by molar-refractivity contribution is -0.0404. The molecule has 1 atom stereocenters. The standard InChI is InChI=1S/C21H23Cl2N3O/c1-26-13-14-7-10-21(26,11-8-14)18(15-5-3-2-4-6-15)25-20(27)16-9-12-24-19(23)17(16)22/h2-6,9,12,14,18H,7-8,10-11,13H2,1H3,(H,25,27). The Morgan fingerprint density at radius 2 is 1.93 bits per heavy atom. The van der Waals surface area contributed by atoms with E-state index >= 15 is 0 Å². The molecule has 3 fully saturated rings. The molecule has 2 aromatic rings. The predicted molar refractivity (Wildman–Crippen MR) is 108 cm³/mol. The van der Waals surface area contributed by atoms with Crippen LogP contribution in [0.1, 0.15) is 47.6 Å². The summed E-state index contributed by atoms with van der Waals surface area (Å²) in [6.07, 6.45) is 6.10. The minimum atomic E-state index is -0.214. The first-order chi connectivity index (χ1) is 13.0. The van der Waals surface area contributed by atoms with Gasteiger partial charge in [0.25, 0.3) is 5.91 Å². The van der Waals surface area contributed by atoms with Crippen LogP contribution in [0.15, 0.2) is 42.6 Å². The molecule has 1 aromatic heterocycles. The number of fused-ring (bicyclic) bond motifs is 3. The van der Waals surface area contributed by atoms with Gasteiger partial charge in [0.1, 0.15) is 5.15 Å². The van der Waals surface area contributed by atoms with Crippen LogP contribution in [0, 0.1) is 5.92 Å². The normalized spacial score (nSPS) is 26.0. The number of rotatable bonds is 4. The van der Waals surface area contributed by atoms with Crippen molar-refractivity contribution < 1.29 is 4.79 Å². The molecule has 1 amide bonds. The number of hydrogen-bond acceptors (Lipinski definition) is 3. The Labute approximate surface area is 169 Å². The van der Waals surface area contributed by atoms with Gasteiger partial charge in [0, 0.05) is 18.3 Å². The quantitative estimate of drug-likeness (QED) is 0.750. The average Bonchev–Trinajstić information content (AvgIpc) is 2.69. The fourth-order valence-corrected chi connectivity index (χ4v) is 5.15. The van der Waals surface area contributed by atoms with Crippen LogP contribution in [0.4, 0.5) is 0 Å². The van der Waals surface area contributed by atoms with Crippen molar-refractivity contribution in [2.75, 3.05) is 13.6 Å². The second-order valence-corrected chi connectivity index (χ2v) is 8.44. The first-order valence-corrected chi connectivity index (χ1v) is 10.1. The summed E-state index contributed by atoms with van der Waals surface area (Å²) in [5.41, 5.74) is 1.41. The van der Waals surface area contributed by atoms with E-state index in [2.05, 4.69) is 34.4 Å².